The fourth-order valence-electron chi connectivity index (χ4n) is 4.25. The van der Waals surface area contributed by atoms with Gasteiger partial charge in [0.1, 0.15) is 0 Å². The van der Waals surface area contributed by atoms with Gasteiger partial charge in [-0.15, -0.1) is 0 Å². The maximum absolute atomic E-state index is 4.94. The zero-order valence-electron chi connectivity index (χ0n) is 18.6. The Bertz CT molecular complexity index is 1050. The third-order valence-electron chi connectivity index (χ3n) is 5.78. The molecule has 3 heteroatoms. The summed E-state index contributed by atoms with van der Waals surface area (Å²) in [6.07, 6.45) is 2.98. The van der Waals surface area contributed by atoms with Gasteiger partial charge >= 0.3 is 0 Å². The molecular weight excluding hydrogens is 366 g/mol. The van der Waals surface area contributed by atoms with Gasteiger partial charge in [0.15, 0.2) is 0 Å². The van der Waals surface area contributed by atoms with E-state index in [1.807, 2.05) is 12.3 Å². The van der Waals surface area contributed by atoms with Gasteiger partial charge in [-0.3, -0.25) is 4.99 Å². The van der Waals surface area contributed by atoms with Crippen molar-refractivity contribution in [2.24, 2.45) is 4.99 Å². The molecule has 1 aliphatic heterocycles. The molecule has 1 atom stereocenters. The van der Waals surface area contributed by atoms with Crippen LogP contribution in [0.25, 0.3) is 11.3 Å². The SMILES string of the molecule is CC(C)c1cccc(C(C)C)c1N=Cc1cccc(-c2cccc3c2N[C@H](C)C3)n1. The van der Waals surface area contributed by atoms with Crippen molar-refractivity contribution in [1.29, 1.82) is 0 Å². The highest BCUT2D eigenvalue weighted by molar-refractivity contribution is 5.84. The van der Waals surface area contributed by atoms with E-state index >= 15 is 0 Å². The maximum atomic E-state index is 4.94. The zero-order chi connectivity index (χ0) is 21.3. The predicted octanol–water partition coefficient (Wildman–Crippen LogP) is 7.10. The van der Waals surface area contributed by atoms with Crippen molar-refractivity contribution in [3.8, 4) is 11.3 Å². The summed E-state index contributed by atoms with van der Waals surface area (Å²) in [5.41, 5.74) is 9.28. The molecule has 0 radical (unpaired) electrons. The predicted molar refractivity (Wildman–Crippen MR) is 128 cm³/mol. The number of rotatable bonds is 5. The van der Waals surface area contributed by atoms with Crippen LogP contribution in [0.15, 0.2) is 59.6 Å². The molecule has 1 N–H and O–H groups in total. The molecule has 154 valence electrons. The molecule has 30 heavy (non-hydrogen) atoms. The number of hydrogen-bond donors (Lipinski definition) is 1. The lowest BCUT2D eigenvalue weighted by molar-refractivity contribution is 0.835. The normalized spacial score (nSPS) is 15.8. The van der Waals surface area contributed by atoms with Crippen molar-refractivity contribution < 1.29 is 0 Å². The largest absolute Gasteiger partial charge is 0.381 e. The molecule has 0 aliphatic carbocycles. The van der Waals surface area contributed by atoms with Crippen molar-refractivity contribution in [2.75, 3.05) is 5.32 Å². The molecule has 1 aliphatic rings. The summed E-state index contributed by atoms with van der Waals surface area (Å²) in [5, 5.41) is 3.61. The number of fused-ring (bicyclic) bond motifs is 1. The molecule has 0 amide bonds. The van der Waals surface area contributed by atoms with E-state index in [0.717, 1.165) is 29.1 Å². The molecule has 0 bridgehead atoms. The highest BCUT2D eigenvalue weighted by atomic mass is 14.9. The molecule has 2 aromatic carbocycles. The summed E-state index contributed by atoms with van der Waals surface area (Å²) >= 11 is 0. The lowest BCUT2D eigenvalue weighted by Gasteiger charge is -2.16. The van der Waals surface area contributed by atoms with Gasteiger partial charge in [0, 0.05) is 17.3 Å². The van der Waals surface area contributed by atoms with Gasteiger partial charge in [-0.25, -0.2) is 4.98 Å². The van der Waals surface area contributed by atoms with E-state index in [-0.39, 0.29) is 0 Å². The average molecular weight is 398 g/mol. The first-order chi connectivity index (χ1) is 14.4. The van der Waals surface area contributed by atoms with E-state index in [1.165, 1.54) is 22.4 Å². The number of hydrogen-bond acceptors (Lipinski definition) is 3. The van der Waals surface area contributed by atoms with Crippen molar-refractivity contribution in [3.63, 3.8) is 0 Å². The van der Waals surface area contributed by atoms with Crippen LogP contribution in [0.5, 0.6) is 0 Å². The Kier molecular flexibility index (Phi) is 5.72. The lowest BCUT2D eigenvalue weighted by Crippen LogP contribution is -2.09. The monoisotopic (exact) mass is 397 g/mol. The minimum absolute atomic E-state index is 0.426. The molecule has 0 unspecified atom stereocenters. The first kappa shape index (κ1) is 20.3. The summed E-state index contributed by atoms with van der Waals surface area (Å²) < 4.78 is 0. The molecule has 2 heterocycles. The Hall–Kier alpha value is -2.94. The molecule has 3 nitrogen and oxygen atoms in total. The highest BCUT2D eigenvalue weighted by Crippen LogP contribution is 2.36. The second kappa shape index (κ2) is 8.43. The highest BCUT2D eigenvalue weighted by Gasteiger charge is 2.20. The second-order valence-corrected chi connectivity index (χ2v) is 8.89. The Balaban J connectivity index is 1.71. The summed E-state index contributed by atoms with van der Waals surface area (Å²) in [6, 6.07) is 19.6. The van der Waals surface area contributed by atoms with Crippen LogP contribution in [0.3, 0.4) is 0 Å². The van der Waals surface area contributed by atoms with E-state index in [4.69, 9.17) is 9.98 Å². The van der Waals surface area contributed by atoms with Crippen molar-refractivity contribution >= 4 is 17.6 Å². The molecule has 0 saturated heterocycles. The van der Waals surface area contributed by atoms with Crippen LogP contribution >= 0.6 is 0 Å². The number of pyridine rings is 1. The van der Waals surface area contributed by atoms with Crippen LogP contribution in [-0.2, 0) is 6.42 Å². The van der Waals surface area contributed by atoms with Gasteiger partial charge in [0.05, 0.1) is 23.3 Å². The average Bonchev–Trinajstić information content (AvgIpc) is 3.12. The molecule has 0 fully saturated rings. The molecule has 4 rings (SSSR count). The van der Waals surface area contributed by atoms with E-state index in [2.05, 4.69) is 88.5 Å². The summed E-state index contributed by atoms with van der Waals surface area (Å²) in [4.78, 5) is 9.86. The fraction of sp³-hybridized carbons (Fsp3) is 0.333. The third-order valence-corrected chi connectivity index (χ3v) is 5.78. The van der Waals surface area contributed by atoms with Crippen molar-refractivity contribution in [2.45, 2.75) is 58.9 Å². The summed E-state index contributed by atoms with van der Waals surface area (Å²) in [7, 11) is 0. The minimum Gasteiger partial charge on any atom is -0.381 e. The molecule has 1 aromatic heterocycles. The number of nitrogens with zero attached hydrogens (tertiary/aromatic N) is 2. The van der Waals surface area contributed by atoms with Gasteiger partial charge in [0.2, 0.25) is 0 Å². The number of benzene rings is 2. The first-order valence-corrected chi connectivity index (χ1v) is 11.0. The summed E-state index contributed by atoms with van der Waals surface area (Å²) in [5.74, 6) is 0.852. The molecular formula is C27H31N3. The Morgan fingerprint density at radius 1 is 0.933 bits per heavy atom. The van der Waals surface area contributed by atoms with Gasteiger partial charge in [-0.05, 0) is 54.0 Å². The Morgan fingerprint density at radius 3 is 2.30 bits per heavy atom. The van der Waals surface area contributed by atoms with Crippen LogP contribution < -0.4 is 5.32 Å². The standard InChI is InChI=1S/C27H31N3/c1-17(2)22-11-8-12-23(18(3)4)27(22)28-16-21-10-7-14-25(30-21)24-13-6-9-20-15-19(5)29-26(20)24/h6-14,16-19,29H,15H2,1-5H3/t19-/m1/s1. The van der Waals surface area contributed by atoms with Gasteiger partial charge in [-0.1, -0.05) is 70.2 Å². The Labute approximate surface area is 180 Å². The smallest absolute Gasteiger partial charge is 0.0820 e. The van der Waals surface area contributed by atoms with E-state index in [9.17, 15) is 0 Å². The number of para-hydroxylation sites is 2. The number of nitrogens with one attached hydrogen (secondary N) is 1. The van der Waals surface area contributed by atoms with Crippen LogP contribution in [0, 0.1) is 0 Å². The minimum atomic E-state index is 0.426. The lowest BCUT2D eigenvalue weighted by atomic mass is 9.93. The van der Waals surface area contributed by atoms with E-state index in [1.54, 1.807) is 0 Å². The Morgan fingerprint density at radius 2 is 1.60 bits per heavy atom. The van der Waals surface area contributed by atoms with Gasteiger partial charge < -0.3 is 5.32 Å². The molecule has 0 saturated carbocycles. The quantitative estimate of drug-likeness (QED) is 0.466. The van der Waals surface area contributed by atoms with Crippen LogP contribution in [0.1, 0.15) is 68.8 Å². The summed E-state index contributed by atoms with van der Waals surface area (Å²) in [6.45, 7) is 11.1. The van der Waals surface area contributed by atoms with Crippen LogP contribution in [0.4, 0.5) is 11.4 Å². The maximum Gasteiger partial charge on any atom is 0.0820 e. The topological polar surface area (TPSA) is 37.3 Å². The van der Waals surface area contributed by atoms with Gasteiger partial charge in [0.25, 0.3) is 0 Å². The number of aliphatic imine (C=N–C) groups is 1. The van der Waals surface area contributed by atoms with Crippen LogP contribution in [-0.4, -0.2) is 17.2 Å². The van der Waals surface area contributed by atoms with Crippen molar-refractivity contribution in [3.05, 3.63) is 77.0 Å². The number of aromatic nitrogens is 1. The van der Waals surface area contributed by atoms with E-state index in [0.29, 0.717) is 17.9 Å². The van der Waals surface area contributed by atoms with Gasteiger partial charge in [-0.2, -0.15) is 0 Å². The second-order valence-electron chi connectivity index (χ2n) is 8.89. The fourth-order valence-corrected chi connectivity index (χ4v) is 4.25. The van der Waals surface area contributed by atoms with Crippen molar-refractivity contribution in [1.82, 2.24) is 4.98 Å². The molecule has 3 aromatic rings. The zero-order valence-corrected chi connectivity index (χ0v) is 18.6. The molecule has 0 spiro atoms. The number of anilines is 1. The van der Waals surface area contributed by atoms with Crippen LogP contribution in [0.2, 0.25) is 0 Å². The van der Waals surface area contributed by atoms with E-state index < -0.39 is 0 Å². The first-order valence-electron chi connectivity index (χ1n) is 11.0. The third kappa shape index (κ3) is 4.02.